The first-order chi connectivity index (χ1) is 13.3. The zero-order valence-electron chi connectivity index (χ0n) is 15.9. The molecule has 3 aromatic rings. The summed E-state index contributed by atoms with van der Waals surface area (Å²) in [6.07, 6.45) is 0. The molecule has 0 aliphatic rings. The minimum absolute atomic E-state index is 0.114. The topological polar surface area (TPSA) is 92.3 Å². The summed E-state index contributed by atoms with van der Waals surface area (Å²) in [6, 6.07) is 11.2. The van der Waals surface area contributed by atoms with Gasteiger partial charge in [0, 0.05) is 5.56 Å². The lowest BCUT2D eigenvalue weighted by Crippen LogP contribution is -2.10. The first-order valence-electron chi connectivity index (χ1n) is 8.46. The zero-order valence-corrected chi connectivity index (χ0v) is 16.7. The van der Waals surface area contributed by atoms with Gasteiger partial charge in [-0.3, -0.25) is 4.79 Å². The van der Waals surface area contributed by atoms with Crippen LogP contribution in [0.1, 0.15) is 42.5 Å². The molecule has 0 atom stereocenters. The highest BCUT2D eigenvalue weighted by molar-refractivity contribution is 7.18. The van der Waals surface area contributed by atoms with E-state index in [0.717, 1.165) is 22.5 Å². The predicted octanol–water partition coefficient (Wildman–Crippen LogP) is 4.84. The van der Waals surface area contributed by atoms with E-state index in [9.17, 15) is 14.9 Å². The number of amides is 1. The number of carbonyl (C=O) groups is 2. The highest BCUT2D eigenvalue weighted by Crippen LogP contribution is 2.33. The van der Waals surface area contributed by atoms with Crippen LogP contribution in [-0.4, -0.2) is 19.0 Å². The summed E-state index contributed by atoms with van der Waals surface area (Å²) >= 11 is 1.00. The highest BCUT2D eigenvalue weighted by atomic mass is 32.1. The second-order valence-electron chi connectivity index (χ2n) is 6.28. The molecule has 0 aliphatic carbocycles. The molecule has 0 radical (unpaired) electrons. The van der Waals surface area contributed by atoms with Crippen molar-refractivity contribution in [3.8, 4) is 17.4 Å². The molecule has 2 aromatic heterocycles. The molecule has 0 saturated heterocycles. The third-order valence-corrected chi connectivity index (χ3v) is 5.66. The Morgan fingerprint density at radius 1 is 1.14 bits per heavy atom. The van der Waals surface area contributed by atoms with Gasteiger partial charge in [-0.1, -0.05) is 12.1 Å². The highest BCUT2D eigenvalue weighted by Gasteiger charge is 2.23. The number of furan rings is 1. The van der Waals surface area contributed by atoms with Gasteiger partial charge in [-0.2, -0.15) is 5.26 Å². The molecule has 6 nitrogen and oxygen atoms in total. The largest absolute Gasteiger partial charge is 0.465 e. The lowest BCUT2D eigenvalue weighted by molar-refractivity contribution is 0.0605. The molecule has 1 N–H and O–H groups in total. The number of hydrogen-bond acceptors (Lipinski definition) is 6. The summed E-state index contributed by atoms with van der Waals surface area (Å²) in [5.41, 5.74) is 3.89. The Hall–Kier alpha value is -3.37. The summed E-state index contributed by atoms with van der Waals surface area (Å²) in [4.78, 5) is 24.7. The van der Waals surface area contributed by atoms with Crippen molar-refractivity contribution in [2.24, 2.45) is 0 Å². The molecular formula is C21H18N2O4S. The number of methoxy groups -OCH3 is 1. The van der Waals surface area contributed by atoms with Crippen LogP contribution in [0.25, 0.3) is 11.3 Å². The van der Waals surface area contributed by atoms with Gasteiger partial charge in [-0.15, -0.1) is 11.3 Å². The molecule has 0 spiro atoms. The number of esters is 1. The van der Waals surface area contributed by atoms with E-state index < -0.39 is 11.9 Å². The van der Waals surface area contributed by atoms with E-state index in [0.29, 0.717) is 11.3 Å². The van der Waals surface area contributed by atoms with Gasteiger partial charge in [0.05, 0.1) is 12.7 Å². The van der Waals surface area contributed by atoms with Crippen molar-refractivity contribution in [2.75, 3.05) is 12.4 Å². The smallest absolute Gasteiger partial charge is 0.348 e. The van der Waals surface area contributed by atoms with E-state index in [-0.39, 0.29) is 21.2 Å². The number of hydrogen-bond donors (Lipinski definition) is 1. The Balaban J connectivity index is 1.87. The van der Waals surface area contributed by atoms with Crippen molar-refractivity contribution in [3.63, 3.8) is 0 Å². The number of carbonyl (C=O) groups excluding carboxylic acids is 2. The van der Waals surface area contributed by atoms with Crippen molar-refractivity contribution >= 4 is 28.2 Å². The molecule has 0 aliphatic heterocycles. The molecule has 7 heteroatoms. The van der Waals surface area contributed by atoms with Crippen LogP contribution in [0.15, 0.2) is 34.7 Å². The average molecular weight is 394 g/mol. The van der Waals surface area contributed by atoms with Crippen molar-refractivity contribution < 1.29 is 18.7 Å². The van der Waals surface area contributed by atoms with E-state index >= 15 is 0 Å². The second kappa shape index (κ2) is 7.71. The molecular weight excluding hydrogens is 376 g/mol. The molecule has 142 valence electrons. The van der Waals surface area contributed by atoms with Crippen molar-refractivity contribution in [1.29, 1.82) is 5.26 Å². The fourth-order valence-corrected chi connectivity index (χ4v) is 3.77. The van der Waals surface area contributed by atoms with Crippen molar-refractivity contribution in [2.45, 2.75) is 20.8 Å². The Morgan fingerprint density at radius 3 is 2.54 bits per heavy atom. The first-order valence-corrected chi connectivity index (χ1v) is 9.28. The van der Waals surface area contributed by atoms with Crippen LogP contribution in [0, 0.1) is 32.1 Å². The summed E-state index contributed by atoms with van der Waals surface area (Å²) in [5.74, 6) is -0.354. The van der Waals surface area contributed by atoms with Gasteiger partial charge in [-0.25, -0.2) is 4.79 Å². The molecule has 1 amide bonds. The lowest BCUT2D eigenvalue weighted by atomic mass is 10.1. The minimum atomic E-state index is -0.547. The number of nitrogens with zero attached hydrogens (tertiary/aromatic N) is 1. The van der Waals surface area contributed by atoms with Crippen LogP contribution in [-0.2, 0) is 4.74 Å². The summed E-state index contributed by atoms with van der Waals surface area (Å²) in [5, 5.41) is 12.3. The Bertz CT molecular complexity index is 1120. The SMILES string of the molecule is COC(=O)c1sc(NC(=O)c2ccc(-c3ccc(C)c(C)c3)o2)c(C#N)c1C. The molecule has 0 bridgehead atoms. The van der Waals surface area contributed by atoms with Crippen molar-refractivity contribution in [3.05, 3.63) is 63.2 Å². The fourth-order valence-electron chi connectivity index (χ4n) is 2.70. The third kappa shape index (κ3) is 3.55. The Kier molecular flexibility index (Phi) is 5.34. The number of nitriles is 1. The average Bonchev–Trinajstić information content (AvgIpc) is 3.28. The quantitative estimate of drug-likeness (QED) is 0.639. The number of nitrogens with one attached hydrogen (secondary N) is 1. The molecule has 0 unspecified atom stereocenters. The summed E-state index contributed by atoms with van der Waals surface area (Å²) in [6.45, 7) is 5.68. The molecule has 0 saturated carbocycles. The van der Waals surface area contributed by atoms with Gasteiger partial charge < -0.3 is 14.5 Å². The number of rotatable bonds is 4. The minimum Gasteiger partial charge on any atom is -0.465 e. The van der Waals surface area contributed by atoms with Gasteiger partial charge in [0.25, 0.3) is 5.91 Å². The number of aryl methyl sites for hydroxylation is 2. The van der Waals surface area contributed by atoms with E-state index in [1.54, 1.807) is 19.1 Å². The number of ether oxygens (including phenoxy) is 1. The molecule has 2 heterocycles. The lowest BCUT2D eigenvalue weighted by Gasteiger charge is -2.03. The van der Waals surface area contributed by atoms with E-state index in [1.165, 1.54) is 12.7 Å². The summed E-state index contributed by atoms with van der Waals surface area (Å²) in [7, 11) is 1.27. The van der Waals surface area contributed by atoms with Crippen molar-refractivity contribution in [1.82, 2.24) is 0 Å². The first kappa shape index (κ1) is 19.4. The number of thiophene rings is 1. The van der Waals surface area contributed by atoms with E-state index in [2.05, 4.69) is 5.32 Å². The maximum Gasteiger partial charge on any atom is 0.348 e. The molecule has 3 rings (SSSR count). The van der Waals surface area contributed by atoms with Gasteiger partial charge in [0.1, 0.15) is 21.7 Å². The van der Waals surface area contributed by atoms with Crippen LogP contribution in [0.4, 0.5) is 5.00 Å². The monoisotopic (exact) mass is 394 g/mol. The maximum atomic E-state index is 12.6. The second-order valence-corrected chi connectivity index (χ2v) is 7.30. The van der Waals surface area contributed by atoms with Crippen LogP contribution < -0.4 is 5.32 Å². The Morgan fingerprint density at radius 2 is 1.89 bits per heavy atom. The van der Waals surface area contributed by atoms with E-state index in [4.69, 9.17) is 9.15 Å². The number of benzene rings is 1. The normalized spacial score (nSPS) is 10.4. The summed E-state index contributed by atoms with van der Waals surface area (Å²) < 4.78 is 10.4. The Labute approximate surface area is 166 Å². The zero-order chi connectivity index (χ0) is 20.4. The molecule has 28 heavy (non-hydrogen) atoms. The van der Waals surface area contributed by atoms with Gasteiger partial charge >= 0.3 is 5.97 Å². The number of anilines is 1. The van der Waals surface area contributed by atoms with Gasteiger partial charge in [0.2, 0.25) is 0 Å². The predicted molar refractivity (Wildman–Crippen MR) is 107 cm³/mol. The van der Waals surface area contributed by atoms with E-state index in [1.807, 2.05) is 38.1 Å². The van der Waals surface area contributed by atoms with Gasteiger partial charge in [0.15, 0.2) is 5.76 Å². The van der Waals surface area contributed by atoms with Crippen LogP contribution in [0.3, 0.4) is 0 Å². The molecule has 0 fully saturated rings. The fraction of sp³-hybridized carbons (Fsp3) is 0.190. The molecule has 1 aromatic carbocycles. The maximum absolute atomic E-state index is 12.6. The van der Waals surface area contributed by atoms with Crippen LogP contribution in [0.5, 0.6) is 0 Å². The third-order valence-electron chi connectivity index (χ3n) is 4.48. The van der Waals surface area contributed by atoms with Crippen LogP contribution in [0.2, 0.25) is 0 Å². The standard InChI is InChI=1S/C21H18N2O4S/c1-11-5-6-14(9-12(11)2)16-7-8-17(27-16)19(24)23-20-15(10-22)13(3)18(28-20)21(25)26-4/h5-9H,1-4H3,(H,23,24). The van der Waals surface area contributed by atoms with Gasteiger partial charge in [-0.05, 0) is 55.7 Å². The van der Waals surface area contributed by atoms with Crippen LogP contribution >= 0.6 is 11.3 Å².